The van der Waals surface area contributed by atoms with E-state index in [4.69, 9.17) is 0 Å². The topological polar surface area (TPSA) is 36.4 Å². The zero-order chi connectivity index (χ0) is 13.2. The molecule has 0 saturated carbocycles. The Balaban J connectivity index is 1.89. The van der Waals surface area contributed by atoms with Crippen molar-refractivity contribution in [2.45, 2.75) is 6.92 Å². The van der Waals surface area contributed by atoms with Crippen molar-refractivity contribution in [2.24, 2.45) is 0 Å². The van der Waals surface area contributed by atoms with Crippen LogP contribution in [-0.4, -0.2) is 24.1 Å². The van der Waals surface area contributed by atoms with E-state index in [0.29, 0.717) is 13.1 Å². The number of aryl methyl sites for hydroxylation is 1. The predicted molar refractivity (Wildman–Crippen MR) is 75.5 cm³/mol. The summed E-state index contributed by atoms with van der Waals surface area (Å²) < 4.78 is 0. The van der Waals surface area contributed by atoms with Crippen molar-refractivity contribution in [3.05, 3.63) is 54.4 Å². The molecule has 1 aromatic heterocycles. The minimum absolute atomic E-state index is 0.0160. The zero-order valence-electron chi connectivity index (χ0n) is 10.8. The first-order valence-electron chi connectivity index (χ1n) is 6.32. The van der Waals surface area contributed by atoms with Gasteiger partial charge in [-0.15, -0.1) is 0 Å². The molecule has 1 fully saturated rings. The van der Waals surface area contributed by atoms with Crippen LogP contribution in [0, 0.1) is 6.92 Å². The van der Waals surface area contributed by atoms with Gasteiger partial charge in [0, 0.05) is 25.0 Å². The summed E-state index contributed by atoms with van der Waals surface area (Å²) in [5, 5.41) is 0. The van der Waals surface area contributed by atoms with Crippen LogP contribution in [0.1, 0.15) is 5.56 Å². The molecule has 3 rings (SSSR count). The fourth-order valence-electron chi connectivity index (χ4n) is 2.35. The summed E-state index contributed by atoms with van der Waals surface area (Å²) in [6.45, 7) is 3.40. The minimum atomic E-state index is 0.0160. The first-order chi connectivity index (χ1) is 9.27. The Hall–Kier alpha value is -2.36. The van der Waals surface area contributed by atoms with Gasteiger partial charge in [-0.05, 0) is 30.7 Å². The molecule has 96 valence electrons. The van der Waals surface area contributed by atoms with E-state index in [1.54, 1.807) is 22.2 Å². The molecule has 2 amide bonds. The number of para-hydroxylation sites is 1. The highest BCUT2D eigenvalue weighted by atomic mass is 16.2. The van der Waals surface area contributed by atoms with Gasteiger partial charge in [0.05, 0.1) is 11.9 Å². The smallest absolute Gasteiger partial charge is 0.292 e. The molecule has 1 aromatic carbocycles. The molecule has 1 aliphatic heterocycles. The number of amides is 2. The van der Waals surface area contributed by atoms with Crippen LogP contribution in [0.25, 0.3) is 0 Å². The maximum atomic E-state index is 12.5. The third-order valence-electron chi connectivity index (χ3n) is 3.38. The van der Waals surface area contributed by atoms with Gasteiger partial charge in [-0.25, -0.2) is 4.79 Å². The Kier molecular flexibility index (Phi) is 2.91. The van der Waals surface area contributed by atoms with Crippen LogP contribution in [0.4, 0.5) is 16.2 Å². The molecule has 0 bridgehead atoms. The molecule has 0 unspecified atom stereocenters. The highest BCUT2D eigenvalue weighted by Gasteiger charge is 2.31. The summed E-state index contributed by atoms with van der Waals surface area (Å²) in [5.74, 6) is 0. The van der Waals surface area contributed by atoms with Crippen LogP contribution in [0.2, 0.25) is 0 Å². The van der Waals surface area contributed by atoms with Crippen molar-refractivity contribution in [3.8, 4) is 0 Å². The molecule has 4 nitrogen and oxygen atoms in total. The lowest BCUT2D eigenvalue weighted by Gasteiger charge is -2.19. The Bertz CT molecular complexity index is 597. The van der Waals surface area contributed by atoms with Crippen molar-refractivity contribution >= 4 is 17.4 Å². The summed E-state index contributed by atoms with van der Waals surface area (Å²) in [5.41, 5.74) is 2.90. The average molecular weight is 253 g/mol. The van der Waals surface area contributed by atoms with Gasteiger partial charge in [0.2, 0.25) is 0 Å². The normalized spacial score (nSPS) is 15.1. The zero-order valence-corrected chi connectivity index (χ0v) is 10.8. The van der Waals surface area contributed by atoms with E-state index < -0.39 is 0 Å². The number of nitrogens with zero attached hydrogens (tertiary/aromatic N) is 3. The fraction of sp³-hybridized carbons (Fsp3) is 0.200. The van der Waals surface area contributed by atoms with Crippen LogP contribution in [0.3, 0.4) is 0 Å². The largest absolute Gasteiger partial charge is 0.329 e. The first-order valence-corrected chi connectivity index (χ1v) is 6.32. The molecule has 19 heavy (non-hydrogen) atoms. The van der Waals surface area contributed by atoms with Crippen LogP contribution >= 0.6 is 0 Å². The van der Waals surface area contributed by atoms with Gasteiger partial charge in [0.25, 0.3) is 0 Å². The predicted octanol–water partition coefficient (Wildman–Crippen LogP) is 2.84. The highest BCUT2D eigenvalue weighted by Crippen LogP contribution is 2.26. The quantitative estimate of drug-likeness (QED) is 0.825. The van der Waals surface area contributed by atoms with Crippen molar-refractivity contribution in [3.63, 3.8) is 0 Å². The van der Waals surface area contributed by atoms with E-state index in [9.17, 15) is 4.79 Å². The molecule has 0 aliphatic carbocycles. The monoisotopic (exact) mass is 253 g/mol. The molecule has 0 spiro atoms. The third-order valence-corrected chi connectivity index (χ3v) is 3.38. The maximum Gasteiger partial charge on any atom is 0.329 e. The number of anilines is 2. The van der Waals surface area contributed by atoms with Gasteiger partial charge in [-0.1, -0.05) is 18.2 Å². The number of benzene rings is 1. The molecule has 0 N–H and O–H groups in total. The minimum Gasteiger partial charge on any atom is -0.292 e. The lowest BCUT2D eigenvalue weighted by molar-refractivity contribution is 0.256. The number of pyridine rings is 1. The van der Waals surface area contributed by atoms with Crippen LogP contribution in [-0.2, 0) is 0 Å². The number of hydrogen-bond acceptors (Lipinski definition) is 2. The Labute approximate surface area is 112 Å². The Morgan fingerprint density at radius 3 is 2.53 bits per heavy atom. The summed E-state index contributed by atoms with van der Waals surface area (Å²) in [6, 6.07) is 11.7. The van der Waals surface area contributed by atoms with Crippen LogP contribution < -0.4 is 9.80 Å². The molecule has 0 atom stereocenters. The molecule has 0 radical (unpaired) electrons. The van der Waals surface area contributed by atoms with Crippen molar-refractivity contribution < 1.29 is 4.79 Å². The van der Waals surface area contributed by atoms with Gasteiger partial charge in [0.1, 0.15) is 0 Å². The van der Waals surface area contributed by atoms with Crippen LogP contribution in [0.15, 0.2) is 48.8 Å². The lowest BCUT2D eigenvalue weighted by Crippen LogP contribution is -2.32. The highest BCUT2D eigenvalue weighted by molar-refractivity contribution is 6.06. The van der Waals surface area contributed by atoms with E-state index in [0.717, 1.165) is 16.9 Å². The molecule has 1 saturated heterocycles. The second kappa shape index (κ2) is 4.72. The average Bonchev–Trinajstić information content (AvgIpc) is 2.82. The lowest BCUT2D eigenvalue weighted by atomic mass is 10.2. The summed E-state index contributed by atoms with van der Waals surface area (Å²) in [7, 11) is 0. The maximum absolute atomic E-state index is 12.5. The second-order valence-electron chi connectivity index (χ2n) is 4.58. The van der Waals surface area contributed by atoms with Gasteiger partial charge in [-0.2, -0.15) is 0 Å². The number of hydrogen-bond donors (Lipinski definition) is 0. The summed E-state index contributed by atoms with van der Waals surface area (Å²) >= 11 is 0. The number of carbonyl (C=O) groups is 1. The van der Waals surface area contributed by atoms with E-state index in [1.165, 1.54) is 0 Å². The van der Waals surface area contributed by atoms with Gasteiger partial charge in [0.15, 0.2) is 0 Å². The standard InChI is InChI=1S/C15H15N3O/c1-12-7-8-16-11-14(12)18-10-9-17(15(18)19)13-5-3-2-4-6-13/h2-8,11H,9-10H2,1H3. The third kappa shape index (κ3) is 2.05. The Morgan fingerprint density at radius 1 is 1.05 bits per heavy atom. The van der Waals surface area contributed by atoms with Gasteiger partial charge in [-0.3, -0.25) is 14.8 Å². The van der Waals surface area contributed by atoms with Crippen LogP contribution in [0.5, 0.6) is 0 Å². The summed E-state index contributed by atoms with van der Waals surface area (Å²) in [6.07, 6.45) is 3.50. The second-order valence-corrected chi connectivity index (χ2v) is 4.58. The van der Waals surface area contributed by atoms with E-state index in [-0.39, 0.29) is 6.03 Å². The van der Waals surface area contributed by atoms with E-state index in [2.05, 4.69) is 4.98 Å². The fourth-order valence-corrected chi connectivity index (χ4v) is 2.35. The van der Waals surface area contributed by atoms with Gasteiger partial charge < -0.3 is 0 Å². The van der Waals surface area contributed by atoms with Gasteiger partial charge >= 0.3 is 6.03 Å². The van der Waals surface area contributed by atoms with E-state index >= 15 is 0 Å². The molecule has 1 aliphatic rings. The Morgan fingerprint density at radius 2 is 1.79 bits per heavy atom. The van der Waals surface area contributed by atoms with Crippen molar-refractivity contribution in [1.29, 1.82) is 0 Å². The molecular weight excluding hydrogens is 238 g/mol. The number of urea groups is 1. The number of carbonyl (C=O) groups excluding carboxylic acids is 1. The molecule has 2 aromatic rings. The first kappa shape index (κ1) is 11.7. The van der Waals surface area contributed by atoms with Crippen molar-refractivity contribution in [1.82, 2.24) is 4.98 Å². The van der Waals surface area contributed by atoms with Crippen molar-refractivity contribution in [2.75, 3.05) is 22.9 Å². The molecule has 4 heteroatoms. The summed E-state index contributed by atoms with van der Waals surface area (Å²) in [4.78, 5) is 20.2. The SMILES string of the molecule is Cc1ccncc1N1CCN(c2ccccc2)C1=O. The molecule has 2 heterocycles. The molecular formula is C15H15N3O. The number of aromatic nitrogens is 1. The van der Waals surface area contributed by atoms with E-state index in [1.807, 2.05) is 43.3 Å². The number of rotatable bonds is 2.